The van der Waals surface area contributed by atoms with Gasteiger partial charge in [0.1, 0.15) is 5.60 Å². The highest BCUT2D eigenvalue weighted by Crippen LogP contribution is 2.37. The smallest absolute Gasteiger partial charge is 0.187 e. The van der Waals surface area contributed by atoms with Gasteiger partial charge in [0.15, 0.2) is 6.29 Å². The standard InChI is InChI=1S/C15H18O4S/c16-15(9-7-12-11-18-14(15)19-12)8-4-10-20(17)13-5-2-1-3-6-13/h1-6,10,12,14,16H,7-9,11H2/b10-4+/t12-,14+,15-,20?/m0/s1. The lowest BCUT2D eigenvalue weighted by Gasteiger charge is -2.35. The molecule has 1 aromatic carbocycles. The van der Waals surface area contributed by atoms with Gasteiger partial charge < -0.3 is 14.6 Å². The maximum atomic E-state index is 12.0. The monoisotopic (exact) mass is 294 g/mol. The fourth-order valence-corrected chi connectivity index (χ4v) is 3.43. The third-order valence-electron chi connectivity index (χ3n) is 3.75. The molecule has 0 amide bonds. The van der Waals surface area contributed by atoms with E-state index in [1.807, 2.05) is 30.3 Å². The van der Waals surface area contributed by atoms with E-state index in [2.05, 4.69) is 0 Å². The molecule has 0 saturated carbocycles. The predicted octanol–water partition coefficient (Wildman–Crippen LogP) is 1.96. The molecule has 4 atom stereocenters. The van der Waals surface area contributed by atoms with E-state index in [0.717, 1.165) is 11.3 Å². The van der Waals surface area contributed by atoms with Crippen molar-refractivity contribution in [1.29, 1.82) is 0 Å². The van der Waals surface area contributed by atoms with Crippen LogP contribution in [0, 0.1) is 0 Å². The van der Waals surface area contributed by atoms with Crippen molar-refractivity contribution in [2.45, 2.75) is 42.2 Å². The average molecular weight is 294 g/mol. The van der Waals surface area contributed by atoms with Crippen LogP contribution in [0.3, 0.4) is 0 Å². The first kappa shape index (κ1) is 13.9. The van der Waals surface area contributed by atoms with Crippen molar-refractivity contribution < 1.29 is 18.8 Å². The van der Waals surface area contributed by atoms with E-state index in [9.17, 15) is 9.32 Å². The van der Waals surface area contributed by atoms with E-state index in [0.29, 0.717) is 19.4 Å². The molecule has 2 saturated heterocycles. The molecule has 4 nitrogen and oxygen atoms in total. The van der Waals surface area contributed by atoms with Gasteiger partial charge in [0.25, 0.3) is 0 Å². The Morgan fingerprint density at radius 3 is 3.00 bits per heavy atom. The van der Waals surface area contributed by atoms with Crippen LogP contribution in [0.1, 0.15) is 19.3 Å². The van der Waals surface area contributed by atoms with Crippen LogP contribution in [0.15, 0.2) is 46.7 Å². The van der Waals surface area contributed by atoms with Gasteiger partial charge in [-0.2, -0.15) is 0 Å². The third kappa shape index (κ3) is 2.86. The number of hydrogen-bond donors (Lipinski definition) is 1. The van der Waals surface area contributed by atoms with Crippen LogP contribution in [-0.2, 0) is 20.3 Å². The van der Waals surface area contributed by atoms with Crippen molar-refractivity contribution in [3.8, 4) is 0 Å². The number of fused-ring (bicyclic) bond motifs is 2. The first-order valence-electron chi connectivity index (χ1n) is 6.79. The van der Waals surface area contributed by atoms with E-state index in [4.69, 9.17) is 9.47 Å². The Hall–Kier alpha value is -1.01. The summed E-state index contributed by atoms with van der Waals surface area (Å²) >= 11 is 0. The lowest BCUT2D eigenvalue weighted by Crippen LogP contribution is -2.46. The normalized spacial score (nSPS) is 34.5. The first-order valence-corrected chi connectivity index (χ1v) is 8.00. The van der Waals surface area contributed by atoms with Crippen LogP contribution < -0.4 is 0 Å². The fraction of sp³-hybridized carbons (Fsp3) is 0.467. The Balaban J connectivity index is 1.61. The zero-order valence-corrected chi connectivity index (χ0v) is 11.9. The van der Waals surface area contributed by atoms with Crippen LogP contribution in [0.4, 0.5) is 0 Å². The summed E-state index contributed by atoms with van der Waals surface area (Å²) in [5.41, 5.74) is -0.996. The quantitative estimate of drug-likeness (QED) is 0.922. The Bertz CT molecular complexity index is 516. The number of hydrogen-bond acceptors (Lipinski definition) is 4. The van der Waals surface area contributed by atoms with Crippen molar-refractivity contribution in [3.05, 3.63) is 41.8 Å². The molecule has 2 aliphatic rings. The minimum atomic E-state index is -1.18. The summed E-state index contributed by atoms with van der Waals surface area (Å²) in [5, 5.41) is 12.2. The highest BCUT2D eigenvalue weighted by molar-refractivity contribution is 7.88. The molecule has 2 bridgehead atoms. The van der Waals surface area contributed by atoms with Crippen LogP contribution in [0.2, 0.25) is 0 Å². The van der Waals surface area contributed by atoms with Crippen molar-refractivity contribution in [1.82, 2.24) is 0 Å². The zero-order chi connectivity index (χ0) is 14.0. The summed E-state index contributed by atoms with van der Waals surface area (Å²) in [6.45, 7) is 0.562. The molecule has 5 heteroatoms. The molecular weight excluding hydrogens is 276 g/mol. The largest absolute Gasteiger partial charge is 0.384 e. The van der Waals surface area contributed by atoms with Crippen molar-refractivity contribution in [2.75, 3.05) is 6.61 Å². The van der Waals surface area contributed by atoms with Gasteiger partial charge in [0.05, 0.1) is 23.5 Å². The highest BCUT2D eigenvalue weighted by atomic mass is 32.2. The second-order valence-corrected chi connectivity index (χ2v) is 6.59. The molecule has 0 radical (unpaired) electrons. The number of aliphatic hydroxyl groups is 1. The van der Waals surface area contributed by atoms with Gasteiger partial charge in [0, 0.05) is 10.3 Å². The van der Waals surface area contributed by atoms with Crippen LogP contribution >= 0.6 is 0 Å². The molecule has 1 aromatic rings. The number of ether oxygens (including phenoxy) is 2. The molecule has 1 unspecified atom stereocenters. The lowest BCUT2D eigenvalue weighted by atomic mass is 9.90. The van der Waals surface area contributed by atoms with E-state index in [1.165, 1.54) is 0 Å². The SMILES string of the molecule is O=S(/C=C/C[C@]1(O)CC[C@H]2CO[C@@H]1O2)c1ccccc1. The second-order valence-electron chi connectivity index (χ2n) is 5.25. The molecule has 2 fully saturated rings. The summed E-state index contributed by atoms with van der Waals surface area (Å²) in [6.07, 6.45) is 3.20. The average Bonchev–Trinajstić information content (AvgIpc) is 2.90. The second kappa shape index (κ2) is 5.77. The van der Waals surface area contributed by atoms with E-state index in [1.54, 1.807) is 11.5 Å². The molecule has 0 spiro atoms. The number of rotatable bonds is 4. The third-order valence-corrected chi connectivity index (χ3v) is 4.93. The van der Waals surface area contributed by atoms with Gasteiger partial charge in [-0.05, 0) is 31.4 Å². The fourth-order valence-electron chi connectivity index (χ4n) is 2.58. The Morgan fingerprint density at radius 2 is 2.20 bits per heavy atom. The van der Waals surface area contributed by atoms with E-state index in [-0.39, 0.29) is 6.10 Å². The summed E-state index contributed by atoms with van der Waals surface area (Å²) in [6, 6.07) is 9.25. The first-order chi connectivity index (χ1) is 9.67. The summed E-state index contributed by atoms with van der Waals surface area (Å²) in [5.74, 6) is 0. The van der Waals surface area contributed by atoms with Crippen LogP contribution in [0.25, 0.3) is 0 Å². The van der Waals surface area contributed by atoms with Crippen LogP contribution in [-0.4, -0.2) is 33.9 Å². The molecule has 20 heavy (non-hydrogen) atoms. The predicted molar refractivity (Wildman–Crippen MR) is 75.4 cm³/mol. The topological polar surface area (TPSA) is 55.8 Å². The van der Waals surface area contributed by atoms with Crippen molar-refractivity contribution >= 4 is 10.8 Å². The molecule has 3 rings (SSSR count). The van der Waals surface area contributed by atoms with Crippen molar-refractivity contribution in [3.63, 3.8) is 0 Å². The van der Waals surface area contributed by atoms with Crippen molar-refractivity contribution in [2.24, 2.45) is 0 Å². The zero-order valence-electron chi connectivity index (χ0n) is 11.1. The molecule has 2 aliphatic heterocycles. The maximum Gasteiger partial charge on any atom is 0.187 e. The van der Waals surface area contributed by atoms with Gasteiger partial charge in [-0.25, -0.2) is 4.21 Å². The number of benzene rings is 1. The molecule has 0 aliphatic carbocycles. The minimum Gasteiger partial charge on any atom is -0.384 e. The van der Waals surface area contributed by atoms with Gasteiger partial charge in [-0.15, -0.1) is 0 Å². The lowest BCUT2D eigenvalue weighted by molar-refractivity contribution is -0.209. The van der Waals surface area contributed by atoms with Gasteiger partial charge >= 0.3 is 0 Å². The molecule has 2 heterocycles. The Morgan fingerprint density at radius 1 is 1.40 bits per heavy atom. The van der Waals surface area contributed by atoms with Crippen LogP contribution in [0.5, 0.6) is 0 Å². The maximum absolute atomic E-state index is 12.0. The molecule has 0 aromatic heterocycles. The molecular formula is C15H18O4S. The minimum absolute atomic E-state index is 0.128. The highest BCUT2D eigenvalue weighted by Gasteiger charge is 2.47. The summed E-state index contributed by atoms with van der Waals surface area (Å²) < 4.78 is 23.1. The van der Waals surface area contributed by atoms with Gasteiger partial charge in [-0.3, -0.25) is 0 Å². The summed E-state index contributed by atoms with van der Waals surface area (Å²) in [4.78, 5) is 0.757. The molecule has 1 N–H and O–H groups in total. The van der Waals surface area contributed by atoms with E-state index < -0.39 is 22.7 Å². The Kier molecular flexibility index (Phi) is 4.03. The van der Waals surface area contributed by atoms with Gasteiger partial charge in [0.2, 0.25) is 0 Å². The molecule has 108 valence electrons. The Labute approximate surface area is 120 Å². The van der Waals surface area contributed by atoms with Gasteiger partial charge in [-0.1, -0.05) is 24.3 Å². The summed E-state index contributed by atoms with van der Waals surface area (Å²) in [7, 11) is -1.18. The van der Waals surface area contributed by atoms with E-state index >= 15 is 0 Å².